The number of amides is 1. The molecule has 2 rings (SSSR count). The van der Waals surface area contributed by atoms with Crippen molar-refractivity contribution in [1.82, 2.24) is 4.57 Å². The van der Waals surface area contributed by atoms with Gasteiger partial charge in [-0.2, -0.15) is 5.26 Å². The number of ether oxygens (including phenoxy) is 1. The standard InChI is InChI=1S/C21H20Cl3N3O3/c1-4-5-27-12(2)6-14(13(27)3)7-15(10-25)21(29)30-11-20(28)26-19-9-17(23)16(22)8-18(19)24/h6-9H,4-5,11H2,1-3H3,(H,26,28). The molecule has 0 aliphatic heterocycles. The number of hydrogen-bond acceptors (Lipinski definition) is 4. The molecule has 1 aromatic carbocycles. The Kier molecular flexibility index (Phi) is 8.36. The second-order valence-corrected chi connectivity index (χ2v) is 7.74. The lowest BCUT2D eigenvalue weighted by Crippen LogP contribution is -2.21. The lowest BCUT2D eigenvalue weighted by molar-refractivity contribution is -0.142. The molecule has 2 aromatic rings. The number of nitrogens with zero attached hydrogens (tertiary/aromatic N) is 2. The lowest BCUT2D eigenvalue weighted by Gasteiger charge is -2.09. The molecule has 158 valence electrons. The molecule has 1 amide bonds. The highest BCUT2D eigenvalue weighted by atomic mass is 35.5. The highest BCUT2D eigenvalue weighted by Crippen LogP contribution is 2.32. The van der Waals surface area contributed by atoms with Crippen LogP contribution in [0.4, 0.5) is 5.69 Å². The Morgan fingerprint density at radius 1 is 1.17 bits per heavy atom. The fourth-order valence-electron chi connectivity index (χ4n) is 2.85. The number of nitriles is 1. The van der Waals surface area contributed by atoms with Crippen LogP contribution in [-0.2, 0) is 20.9 Å². The average molecular weight is 469 g/mol. The van der Waals surface area contributed by atoms with E-state index in [1.807, 2.05) is 26.0 Å². The van der Waals surface area contributed by atoms with Gasteiger partial charge in [0.05, 0.1) is 20.8 Å². The van der Waals surface area contributed by atoms with E-state index in [0.717, 1.165) is 29.9 Å². The quantitative estimate of drug-likeness (QED) is 0.249. The Hall–Kier alpha value is -2.46. The first-order valence-electron chi connectivity index (χ1n) is 9.08. The van der Waals surface area contributed by atoms with Crippen molar-refractivity contribution in [2.24, 2.45) is 0 Å². The molecule has 1 N–H and O–H groups in total. The zero-order valence-electron chi connectivity index (χ0n) is 16.7. The normalized spacial score (nSPS) is 11.2. The highest BCUT2D eigenvalue weighted by molar-refractivity contribution is 6.44. The highest BCUT2D eigenvalue weighted by Gasteiger charge is 2.16. The molecule has 0 fully saturated rings. The molecule has 0 unspecified atom stereocenters. The Morgan fingerprint density at radius 2 is 1.83 bits per heavy atom. The molecule has 0 atom stereocenters. The van der Waals surface area contributed by atoms with Crippen molar-refractivity contribution in [3.05, 3.63) is 55.8 Å². The van der Waals surface area contributed by atoms with Crippen molar-refractivity contribution in [1.29, 1.82) is 5.26 Å². The van der Waals surface area contributed by atoms with Gasteiger partial charge in [-0.15, -0.1) is 0 Å². The Morgan fingerprint density at radius 3 is 2.47 bits per heavy atom. The van der Waals surface area contributed by atoms with E-state index in [4.69, 9.17) is 39.5 Å². The van der Waals surface area contributed by atoms with Crippen molar-refractivity contribution >= 4 is 58.4 Å². The third kappa shape index (κ3) is 5.79. The summed E-state index contributed by atoms with van der Waals surface area (Å²) in [5, 5.41) is 12.5. The van der Waals surface area contributed by atoms with Crippen LogP contribution < -0.4 is 5.32 Å². The van der Waals surface area contributed by atoms with Gasteiger partial charge >= 0.3 is 5.97 Å². The van der Waals surface area contributed by atoms with Crippen LogP contribution >= 0.6 is 34.8 Å². The van der Waals surface area contributed by atoms with Gasteiger partial charge in [-0.05, 0) is 50.1 Å². The molecule has 0 spiro atoms. The summed E-state index contributed by atoms with van der Waals surface area (Å²) in [5.74, 6) is -1.53. The summed E-state index contributed by atoms with van der Waals surface area (Å²) in [6.07, 6.45) is 2.43. The molecule has 0 bridgehead atoms. The monoisotopic (exact) mass is 467 g/mol. The topological polar surface area (TPSA) is 84.1 Å². The summed E-state index contributed by atoms with van der Waals surface area (Å²) >= 11 is 17.8. The molecule has 1 aromatic heterocycles. The van der Waals surface area contributed by atoms with Gasteiger partial charge in [-0.25, -0.2) is 4.79 Å². The van der Waals surface area contributed by atoms with E-state index in [1.165, 1.54) is 18.2 Å². The van der Waals surface area contributed by atoms with E-state index < -0.39 is 18.5 Å². The minimum Gasteiger partial charge on any atom is -0.451 e. The van der Waals surface area contributed by atoms with Crippen LogP contribution in [-0.4, -0.2) is 23.1 Å². The molecular weight excluding hydrogens is 449 g/mol. The third-order valence-electron chi connectivity index (χ3n) is 4.32. The predicted octanol–water partition coefficient (Wildman–Crippen LogP) is 5.56. The molecule has 0 radical (unpaired) electrons. The fraction of sp³-hybridized carbons (Fsp3) is 0.286. The van der Waals surface area contributed by atoms with Gasteiger partial charge < -0.3 is 14.6 Å². The molecule has 0 aliphatic rings. The molecule has 30 heavy (non-hydrogen) atoms. The molecule has 0 saturated carbocycles. The van der Waals surface area contributed by atoms with Crippen molar-refractivity contribution in [2.75, 3.05) is 11.9 Å². The summed E-state index contributed by atoms with van der Waals surface area (Å²) in [6, 6.07) is 6.50. The largest absolute Gasteiger partial charge is 0.451 e. The smallest absolute Gasteiger partial charge is 0.349 e. The minimum atomic E-state index is -0.895. The van der Waals surface area contributed by atoms with Crippen LogP contribution in [0.1, 0.15) is 30.3 Å². The van der Waals surface area contributed by atoms with Gasteiger partial charge in [0, 0.05) is 17.9 Å². The molecular formula is C21H20Cl3N3O3. The number of aromatic nitrogens is 1. The van der Waals surface area contributed by atoms with E-state index in [1.54, 1.807) is 0 Å². The maximum absolute atomic E-state index is 12.3. The first-order valence-corrected chi connectivity index (χ1v) is 10.2. The van der Waals surface area contributed by atoms with Crippen LogP contribution in [0.15, 0.2) is 23.8 Å². The number of rotatable bonds is 7. The van der Waals surface area contributed by atoms with Crippen LogP contribution in [0, 0.1) is 25.2 Å². The van der Waals surface area contributed by atoms with Gasteiger partial charge in [0.1, 0.15) is 11.6 Å². The number of carbonyl (C=O) groups is 2. The second-order valence-electron chi connectivity index (χ2n) is 6.52. The van der Waals surface area contributed by atoms with Crippen LogP contribution in [0.5, 0.6) is 0 Å². The maximum Gasteiger partial charge on any atom is 0.349 e. The van der Waals surface area contributed by atoms with Crippen LogP contribution in [0.2, 0.25) is 15.1 Å². The third-order valence-corrected chi connectivity index (χ3v) is 5.35. The molecule has 6 nitrogen and oxygen atoms in total. The van der Waals surface area contributed by atoms with Gasteiger partial charge in [0.25, 0.3) is 5.91 Å². The molecule has 9 heteroatoms. The van der Waals surface area contributed by atoms with Crippen molar-refractivity contribution in [2.45, 2.75) is 33.7 Å². The number of carbonyl (C=O) groups excluding carboxylic acids is 2. The zero-order valence-corrected chi connectivity index (χ0v) is 19.0. The van der Waals surface area contributed by atoms with Gasteiger partial charge in [0.15, 0.2) is 6.61 Å². The first-order chi connectivity index (χ1) is 14.2. The van der Waals surface area contributed by atoms with Crippen molar-refractivity contribution in [3.8, 4) is 6.07 Å². The minimum absolute atomic E-state index is 0.184. The number of nitrogens with one attached hydrogen (secondary N) is 1. The van der Waals surface area contributed by atoms with E-state index >= 15 is 0 Å². The number of halogens is 3. The summed E-state index contributed by atoms with van der Waals surface area (Å²) in [5.41, 5.74) is 2.76. The Balaban J connectivity index is 2.07. The van der Waals surface area contributed by atoms with Gasteiger partial charge in [-0.1, -0.05) is 41.7 Å². The predicted molar refractivity (Wildman–Crippen MR) is 119 cm³/mol. The number of benzene rings is 1. The van der Waals surface area contributed by atoms with E-state index in [9.17, 15) is 14.9 Å². The summed E-state index contributed by atoms with van der Waals surface area (Å²) in [7, 11) is 0. The van der Waals surface area contributed by atoms with Crippen LogP contribution in [0.25, 0.3) is 6.08 Å². The first kappa shape index (κ1) is 23.8. The number of hydrogen-bond donors (Lipinski definition) is 1. The summed E-state index contributed by atoms with van der Waals surface area (Å²) in [4.78, 5) is 24.3. The molecule has 0 saturated heterocycles. The van der Waals surface area contributed by atoms with E-state index in [-0.39, 0.29) is 26.3 Å². The van der Waals surface area contributed by atoms with Crippen molar-refractivity contribution < 1.29 is 14.3 Å². The van der Waals surface area contributed by atoms with Crippen LogP contribution in [0.3, 0.4) is 0 Å². The van der Waals surface area contributed by atoms with E-state index in [2.05, 4.69) is 16.8 Å². The van der Waals surface area contributed by atoms with Crippen molar-refractivity contribution in [3.63, 3.8) is 0 Å². The summed E-state index contributed by atoms with van der Waals surface area (Å²) in [6.45, 7) is 6.20. The maximum atomic E-state index is 12.3. The Labute approximate surface area is 190 Å². The number of anilines is 1. The SMILES string of the molecule is CCCn1c(C)cc(C=C(C#N)C(=O)OCC(=O)Nc2cc(Cl)c(Cl)cc2Cl)c1C. The molecule has 0 aliphatic carbocycles. The average Bonchev–Trinajstić information content (AvgIpc) is 2.96. The number of esters is 1. The second kappa shape index (κ2) is 10.5. The fourth-order valence-corrected chi connectivity index (χ4v) is 3.44. The van der Waals surface area contributed by atoms with Gasteiger partial charge in [0.2, 0.25) is 0 Å². The lowest BCUT2D eigenvalue weighted by atomic mass is 10.1. The summed E-state index contributed by atoms with van der Waals surface area (Å²) < 4.78 is 7.08. The van der Waals surface area contributed by atoms with Gasteiger partial charge in [-0.3, -0.25) is 4.79 Å². The number of aryl methyl sites for hydroxylation is 1. The molecule has 1 heterocycles. The van der Waals surface area contributed by atoms with E-state index in [0.29, 0.717) is 0 Å². The zero-order chi connectivity index (χ0) is 22.4. The Bertz CT molecular complexity index is 1050.